The summed E-state index contributed by atoms with van der Waals surface area (Å²) in [5.41, 5.74) is 0.795. The van der Waals surface area contributed by atoms with E-state index in [2.05, 4.69) is 21.2 Å². The van der Waals surface area contributed by atoms with Crippen LogP contribution in [0.3, 0.4) is 0 Å². The van der Waals surface area contributed by atoms with Crippen molar-refractivity contribution in [2.75, 3.05) is 6.61 Å². The molecule has 96 valence electrons. The summed E-state index contributed by atoms with van der Waals surface area (Å²) < 4.78 is 0.825. The van der Waals surface area contributed by atoms with Gasteiger partial charge in [-0.2, -0.15) is 0 Å². The van der Waals surface area contributed by atoms with Crippen LogP contribution in [0.25, 0.3) is 6.08 Å². The summed E-state index contributed by atoms with van der Waals surface area (Å²) in [6.45, 7) is -0.649. The third kappa shape index (κ3) is 4.31. The molecule has 1 unspecified atom stereocenters. The van der Waals surface area contributed by atoms with E-state index in [1.807, 2.05) is 18.2 Å². The van der Waals surface area contributed by atoms with E-state index in [9.17, 15) is 9.59 Å². The molecular weight excluding hydrogens is 302 g/mol. The first-order chi connectivity index (χ1) is 8.54. The van der Waals surface area contributed by atoms with Crippen LogP contribution in [0.1, 0.15) is 5.56 Å². The zero-order valence-corrected chi connectivity index (χ0v) is 10.9. The number of carbonyl (C=O) groups excluding carboxylic acids is 1. The lowest BCUT2D eigenvalue weighted by Crippen LogP contribution is -2.42. The molecule has 5 nitrogen and oxygen atoms in total. The van der Waals surface area contributed by atoms with Gasteiger partial charge in [0, 0.05) is 10.5 Å². The van der Waals surface area contributed by atoms with Crippen molar-refractivity contribution in [1.29, 1.82) is 0 Å². The number of carbonyl (C=O) groups is 2. The summed E-state index contributed by atoms with van der Waals surface area (Å²) in [5.74, 6) is -1.85. The smallest absolute Gasteiger partial charge is 0.328 e. The van der Waals surface area contributed by atoms with E-state index in [4.69, 9.17) is 10.2 Å². The molecule has 3 N–H and O–H groups in total. The molecule has 18 heavy (non-hydrogen) atoms. The monoisotopic (exact) mass is 313 g/mol. The molecule has 1 aromatic carbocycles. The number of nitrogens with one attached hydrogen (secondary N) is 1. The van der Waals surface area contributed by atoms with Gasteiger partial charge in [-0.1, -0.05) is 34.1 Å². The van der Waals surface area contributed by atoms with E-state index < -0.39 is 24.5 Å². The van der Waals surface area contributed by atoms with E-state index in [0.717, 1.165) is 10.0 Å². The van der Waals surface area contributed by atoms with Gasteiger partial charge in [-0.25, -0.2) is 4.79 Å². The summed E-state index contributed by atoms with van der Waals surface area (Å²) in [7, 11) is 0. The van der Waals surface area contributed by atoms with Crippen molar-refractivity contribution in [3.05, 3.63) is 40.4 Å². The van der Waals surface area contributed by atoms with Crippen LogP contribution in [-0.2, 0) is 9.59 Å². The molecule has 0 saturated carbocycles. The number of halogens is 1. The van der Waals surface area contributed by atoms with Gasteiger partial charge in [-0.15, -0.1) is 0 Å². The predicted octanol–water partition coefficient (Wildman–Crippen LogP) is 1.02. The molecule has 6 heteroatoms. The molecule has 0 radical (unpaired) electrons. The van der Waals surface area contributed by atoms with Gasteiger partial charge in [0.2, 0.25) is 5.91 Å². The van der Waals surface area contributed by atoms with Crippen LogP contribution in [0.5, 0.6) is 0 Å². The van der Waals surface area contributed by atoms with E-state index in [1.165, 1.54) is 6.08 Å². The molecule has 0 spiro atoms. The van der Waals surface area contributed by atoms with Crippen LogP contribution in [0.4, 0.5) is 0 Å². The highest BCUT2D eigenvalue weighted by Crippen LogP contribution is 2.16. The Balaban J connectivity index is 2.65. The average Bonchev–Trinajstić information content (AvgIpc) is 2.34. The Morgan fingerprint density at radius 2 is 2.06 bits per heavy atom. The quantitative estimate of drug-likeness (QED) is 0.708. The number of carboxylic acids is 1. The first kappa shape index (κ1) is 14.4. The maximum absolute atomic E-state index is 11.4. The van der Waals surface area contributed by atoms with Gasteiger partial charge in [-0.05, 0) is 17.7 Å². The first-order valence-corrected chi connectivity index (χ1v) is 5.90. The minimum atomic E-state index is -1.29. The highest BCUT2D eigenvalue weighted by Gasteiger charge is 2.16. The molecule has 0 bridgehead atoms. The van der Waals surface area contributed by atoms with Gasteiger partial charge in [0.15, 0.2) is 6.04 Å². The van der Waals surface area contributed by atoms with Crippen LogP contribution < -0.4 is 5.32 Å². The number of rotatable bonds is 5. The number of hydrogen-bond donors (Lipinski definition) is 3. The normalized spacial score (nSPS) is 12.3. The summed E-state index contributed by atoms with van der Waals surface area (Å²) in [4.78, 5) is 22.0. The maximum Gasteiger partial charge on any atom is 0.328 e. The number of amides is 1. The van der Waals surface area contributed by atoms with Crippen LogP contribution in [0, 0.1) is 0 Å². The first-order valence-electron chi connectivity index (χ1n) is 5.11. The Bertz CT molecular complexity index is 473. The molecular formula is C12H12BrNO4. The fraction of sp³-hybridized carbons (Fsp3) is 0.167. The lowest BCUT2D eigenvalue weighted by atomic mass is 10.2. The Kier molecular flexibility index (Phi) is 5.54. The molecule has 0 aromatic heterocycles. The summed E-state index contributed by atoms with van der Waals surface area (Å²) in [6, 6.07) is 5.99. The number of hydrogen-bond acceptors (Lipinski definition) is 3. The van der Waals surface area contributed by atoms with Crippen molar-refractivity contribution < 1.29 is 19.8 Å². The zero-order chi connectivity index (χ0) is 13.5. The highest BCUT2D eigenvalue weighted by molar-refractivity contribution is 9.10. The topological polar surface area (TPSA) is 86.6 Å². The molecule has 1 rings (SSSR count). The average molecular weight is 314 g/mol. The van der Waals surface area contributed by atoms with Crippen molar-refractivity contribution in [3.63, 3.8) is 0 Å². The lowest BCUT2D eigenvalue weighted by molar-refractivity contribution is -0.142. The van der Waals surface area contributed by atoms with Crippen molar-refractivity contribution in [2.45, 2.75) is 6.04 Å². The van der Waals surface area contributed by atoms with Crippen molar-refractivity contribution >= 4 is 33.9 Å². The third-order valence-corrected chi connectivity index (χ3v) is 2.84. The Hall–Kier alpha value is -1.66. The van der Waals surface area contributed by atoms with Gasteiger partial charge in [0.1, 0.15) is 0 Å². The Labute approximate surface area is 112 Å². The summed E-state index contributed by atoms with van der Waals surface area (Å²) in [5, 5.41) is 19.6. The van der Waals surface area contributed by atoms with Crippen molar-refractivity contribution in [2.24, 2.45) is 0 Å². The second kappa shape index (κ2) is 6.93. The number of aliphatic carboxylic acids is 1. The van der Waals surface area contributed by atoms with E-state index in [0.29, 0.717) is 0 Å². The Morgan fingerprint density at radius 1 is 1.39 bits per heavy atom. The van der Waals surface area contributed by atoms with Crippen molar-refractivity contribution in [3.8, 4) is 0 Å². The maximum atomic E-state index is 11.4. The van der Waals surface area contributed by atoms with Crippen LogP contribution in [0.15, 0.2) is 34.8 Å². The second-order valence-corrected chi connectivity index (χ2v) is 4.29. The largest absolute Gasteiger partial charge is 0.480 e. The molecule has 0 aliphatic rings. The fourth-order valence-corrected chi connectivity index (χ4v) is 1.60. The fourth-order valence-electron chi connectivity index (χ4n) is 1.18. The second-order valence-electron chi connectivity index (χ2n) is 3.44. The number of carboxylic acid groups (broad SMARTS) is 1. The summed E-state index contributed by atoms with van der Waals surface area (Å²) >= 11 is 3.32. The minimum absolute atomic E-state index is 0.577. The Morgan fingerprint density at radius 3 is 2.61 bits per heavy atom. The van der Waals surface area contributed by atoms with E-state index in [1.54, 1.807) is 12.1 Å². The molecule has 0 heterocycles. The van der Waals surface area contributed by atoms with Gasteiger partial charge in [0.05, 0.1) is 6.61 Å². The van der Waals surface area contributed by atoms with Crippen molar-refractivity contribution in [1.82, 2.24) is 5.32 Å². The van der Waals surface area contributed by atoms with E-state index >= 15 is 0 Å². The molecule has 1 amide bonds. The molecule has 0 aliphatic heterocycles. The van der Waals surface area contributed by atoms with Crippen LogP contribution in [-0.4, -0.2) is 34.7 Å². The van der Waals surface area contributed by atoms with Gasteiger partial charge in [0.25, 0.3) is 0 Å². The van der Waals surface area contributed by atoms with Crippen LogP contribution in [0.2, 0.25) is 0 Å². The molecule has 0 aliphatic carbocycles. The van der Waals surface area contributed by atoms with E-state index in [-0.39, 0.29) is 0 Å². The number of aliphatic hydroxyl groups is 1. The lowest BCUT2D eigenvalue weighted by Gasteiger charge is -2.09. The van der Waals surface area contributed by atoms with Crippen LogP contribution >= 0.6 is 15.9 Å². The van der Waals surface area contributed by atoms with Gasteiger partial charge < -0.3 is 15.5 Å². The molecule has 0 fully saturated rings. The molecule has 1 atom stereocenters. The molecule has 1 aromatic rings. The zero-order valence-electron chi connectivity index (χ0n) is 9.34. The molecule has 0 saturated heterocycles. The predicted molar refractivity (Wildman–Crippen MR) is 69.8 cm³/mol. The van der Waals surface area contributed by atoms with Gasteiger partial charge >= 0.3 is 5.97 Å². The van der Waals surface area contributed by atoms with Gasteiger partial charge in [-0.3, -0.25) is 4.79 Å². The highest BCUT2D eigenvalue weighted by atomic mass is 79.9. The third-order valence-electron chi connectivity index (χ3n) is 2.12. The number of aliphatic hydroxyl groups excluding tert-OH is 1. The summed E-state index contributed by atoms with van der Waals surface area (Å²) in [6.07, 6.45) is 2.77. The minimum Gasteiger partial charge on any atom is -0.480 e. The SMILES string of the molecule is O=C(/C=C/c1ccccc1Br)NC(CO)C(=O)O. The number of benzene rings is 1. The standard InChI is InChI=1S/C12H12BrNO4/c13-9-4-2-1-3-8(9)5-6-11(16)14-10(7-15)12(17)18/h1-6,10,15H,7H2,(H,14,16)(H,17,18)/b6-5+.